The van der Waals surface area contributed by atoms with Crippen LogP contribution in [0.2, 0.25) is 0 Å². The summed E-state index contributed by atoms with van der Waals surface area (Å²) in [5.74, 6) is 0.493. The van der Waals surface area contributed by atoms with Crippen LogP contribution in [0.3, 0.4) is 0 Å². The summed E-state index contributed by atoms with van der Waals surface area (Å²) in [4.78, 5) is 7.92. The largest absolute Gasteiger partial charge is 0.446 e. The molecule has 0 bridgehead atoms. The van der Waals surface area contributed by atoms with E-state index in [1.807, 2.05) is 6.92 Å². The van der Waals surface area contributed by atoms with Crippen LogP contribution in [0.1, 0.15) is 30.1 Å². The second kappa shape index (κ2) is 6.66. The first-order valence-corrected chi connectivity index (χ1v) is 9.11. The average Bonchev–Trinajstić information content (AvgIpc) is 3.30. The molecule has 0 radical (unpaired) electrons. The number of nitrogens with one attached hydrogen (secondary N) is 1. The third-order valence-electron chi connectivity index (χ3n) is 4.32. The quantitative estimate of drug-likeness (QED) is 0.498. The van der Waals surface area contributed by atoms with Crippen LogP contribution in [0.5, 0.6) is 0 Å². The van der Waals surface area contributed by atoms with Crippen LogP contribution in [0.4, 0.5) is 23.4 Å². The van der Waals surface area contributed by atoms with E-state index in [9.17, 15) is 17.6 Å². The van der Waals surface area contributed by atoms with Gasteiger partial charge in [-0.15, -0.1) is 0 Å². The number of benzene rings is 1. The van der Waals surface area contributed by atoms with E-state index in [0.717, 1.165) is 18.5 Å². The highest BCUT2D eigenvalue weighted by molar-refractivity contribution is 8.00. The van der Waals surface area contributed by atoms with Crippen molar-refractivity contribution < 1.29 is 17.6 Å². The number of hydrogen-bond acceptors (Lipinski definition) is 5. The molecule has 5 nitrogen and oxygen atoms in total. The van der Waals surface area contributed by atoms with Gasteiger partial charge in [0.15, 0.2) is 0 Å². The highest BCUT2D eigenvalue weighted by atomic mass is 32.2. The fraction of sp³-hybridized carbons (Fsp3) is 0.353. The number of rotatable bonds is 5. The predicted molar refractivity (Wildman–Crippen MR) is 92.9 cm³/mol. The molecule has 142 valence electrons. The molecule has 2 heterocycles. The molecular weight excluding hydrogens is 382 g/mol. The van der Waals surface area contributed by atoms with Gasteiger partial charge >= 0.3 is 5.51 Å². The third-order valence-corrected chi connectivity index (χ3v) is 5.10. The van der Waals surface area contributed by atoms with Crippen molar-refractivity contribution in [3.63, 3.8) is 0 Å². The second-order valence-corrected chi connectivity index (χ2v) is 7.56. The first-order valence-electron chi connectivity index (χ1n) is 8.29. The van der Waals surface area contributed by atoms with E-state index in [4.69, 9.17) is 0 Å². The Morgan fingerprint density at radius 3 is 2.70 bits per heavy atom. The number of halogens is 4. The summed E-state index contributed by atoms with van der Waals surface area (Å²) in [6, 6.07) is 5.47. The lowest BCUT2D eigenvalue weighted by atomic mass is 10.0. The number of thioether (sulfide) groups is 1. The molecule has 1 saturated carbocycles. The molecule has 1 atom stereocenters. The Morgan fingerprint density at radius 1 is 1.26 bits per heavy atom. The summed E-state index contributed by atoms with van der Waals surface area (Å²) in [6.45, 7) is 1.83. The van der Waals surface area contributed by atoms with Crippen molar-refractivity contribution in [2.75, 3.05) is 5.32 Å². The molecule has 0 unspecified atom stereocenters. The fourth-order valence-electron chi connectivity index (χ4n) is 3.01. The van der Waals surface area contributed by atoms with Crippen molar-refractivity contribution >= 4 is 23.4 Å². The molecule has 2 aromatic heterocycles. The highest BCUT2D eigenvalue weighted by Gasteiger charge is 2.34. The van der Waals surface area contributed by atoms with Gasteiger partial charge in [-0.05, 0) is 55.1 Å². The first kappa shape index (κ1) is 18.0. The van der Waals surface area contributed by atoms with E-state index >= 15 is 0 Å². The average molecular weight is 397 g/mol. The van der Waals surface area contributed by atoms with E-state index in [-0.39, 0.29) is 12.0 Å². The van der Waals surface area contributed by atoms with Crippen LogP contribution in [0.25, 0.3) is 5.78 Å². The summed E-state index contributed by atoms with van der Waals surface area (Å²) in [5, 5.41) is 7.48. The first-order chi connectivity index (χ1) is 12.8. The van der Waals surface area contributed by atoms with Gasteiger partial charge in [0, 0.05) is 11.8 Å². The van der Waals surface area contributed by atoms with Crippen molar-refractivity contribution in [3.8, 4) is 0 Å². The van der Waals surface area contributed by atoms with Crippen molar-refractivity contribution in [1.82, 2.24) is 19.6 Å². The van der Waals surface area contributed by atoms with Gasteiger partial charge in [0.25, 0.3) is 5.78 Å². The molecule has 0 aliphatic heterocycles. The van der Waals surface area contributed by atoms with Crippen molar-refractivity contribution in [3.05, 3.63) is 47.7 Å². The lowest BCUT2D eigenvalue weighted by molar-refractivity contribution is -0.0329. The predicted octanol–water partition coefficient (Wildman–Crippen LogP) is 4.75. The van der Waals surface area contributed by atoms with Gasteiger partial charge in [-0.1, -0.05) is 6.07 Å². The van der Waals surface area contributed by atoms with E-state index < -0.39 is 28.0 Å². The van der Waals surface area contributed by atoms with Gasteiger partial charge in [0.2, 0.25) is 0 Å². The van der Waals surface area contributed by atoms with Crippen LogP contribution in [-0.2, 0) is 0 Å². The van der Waals surface area contributed by atoms with Crippen molar-refractivity contribution in [2.24, 2.45) is 5.92 Å². The maximum absolute atomic E-state index is 14.2. The Bertz CT molecular complexity index is 983. The molecule has 1 N–H and O–H groups in total. The third kappa shape index (κ3) is 4.00. The van der Waals surface area contributed by atoms with Crippen LogP contribution >= 0.6 is 11.8 Å². The molecular formula is C17H15F4N5S. The van der Waals surface area contributed by atoms with E-state index in [0.29, 0.717) is 17.2 Å². The van der Waals surface area contributed by atoms with Gasteiger partial charge < -0.3 is 5.32 Å². The summed E-state index contributed by atoms with van der Waals surface area (Å²) in [5.41, 5.74) is -3.18. The molecule has 1 aliphatic carbocycles. The minimum absolute atomic E-state index is 0.237. The van der Waals surface area contributed by atoms with Gasteiger partial charge in [-0.2, -0.15) is 27.8 Å². The smallest absolute Gasteiger partial charge is 0.363 e. The molecule has 1 fully saturated rings. The zero-order chi connectivity index (χ0) is 19.2. The van der Waals surface area contributed by atoms with Crippen molar-refractivity contribution in [2.45, 2.75) is 36.2 Å². The zero-order valence-electron chi connectivity index (χ0n) is 14.2. The zero-order valence-corrected chi connectivity index (χ0v) is 15.0. The number of hydrogen-bond donors (Lipinski definition) is 1. The summed E-state index contributed by atoms with van der Waals surface area (Å²) in [7, 11) is 0. The number of alkyl halides is 3. The molecule has 1 aromatic carbocycles. The van der Waals surface area contributed by atoms with Crippen LogP contribution in [0, 0.1) is 18.7 Å². The topological polar surface area (TPSA) is 55.1 Å². The molecule has 3 aromatic rings. The Kier molecular flexibility index (Phi) is 4.45. The van der Waals surface area contributed by atoms with Crippen LogP contribution in [-0.4, -0.2) is 25.1 Å². The molecule has 27 heavy (non-hydrogen) atoms. The number of aromatic nitrogens is 4. The highest BCUT2D eigenvalue weighted by Crippen LogP contribution is 2.44. The maximum atomic E-state index is 14.2. The standard InChI is InChI=1S/C17H15F4N5S/c1-9-6-14(26-16(24-9)22-8-23-26)25-15(10-2-3-10)11-4-5-13(12(18)7-11)27-17(19,20)21/h4-8,10,15,25H,2-3H2,1H3/t15-/m1/s1. The lowest BCUT2D eigenvalue weighted by Crippen LogP contribution is -2.16. The summed E-state index contributed by atoms with van der Waals surface area (Å²) >= 11 is -0.445. The summed E-state index contributed by atoms with van der Waals surface area (Å²) < 4.78 is 53.4. The van der Waals surface area contributed by atoms with Crippen LogP contribution in [0.15, 0.2) is 35.5 Å². The van der Waals surface area contributed by atoms with Gasteiger partial charge in [0.1, 0.15) is 18.0 Å². The maximum Gasteiger partial charge on any atom is 0.446 e. The number of fused-ring (bicyclic) bond motifs is 1. The summed E-state index contributed by atoms with van der Waals surface area (Å²) in [6.07, 6.45) is 3.31. The molecule has 4 rings (SSSR count). The number of aryl methyl sites for hydroxylation is 1. The fourth-order valence-corrected chi connectivity index (χ4v) is 3.56. The second-order valence-electron chi connectivity index (χ2n) is 6.45. The van der Waals surface area contributed by atoms with Gasteiger partial charge in [-0.3, -0.25) is 0 Å². The Morgan fingerprint density at radius 2 is 2.04 bits per heavy atom. The number of anilines is 1. The SMILES string of the molecule is Cc1cc(N[C@@H](c2ccc(SC(F)(F)F)c(F)c2)C2CC2)n2ncnc2n1. The monoisotopic (exact) mass is 397 g/mol. The minimum Gasteiger partial charge on any atom is -0.363 e. The van der Waals surface area contributed by atoms with Gasteiger partial charge in [0.05, 0.1) is 10.9 Å². The Balaban J connectivity index is 1.65. The van der Waals surface area contributed by atoms with E-state index in [1.165, 1.54) is 18.5 Å². The Labute approximate surface area is 156 Å². The molecule has 10 heteroatoms. The Hall–Kier alpha value is -2.36. The molecule has 0 amide bonds. The molecule has 0 spiro atoms. The van der Waals surface area contributed by atoms with Crippen molar-refractivity contribution in [1.29, 1.82) is 0 Å². The van der Waals surface area contributed by atoms with Crippen LogP contribution < -0.4 is 5.32 Å². The number of nitrogens with zero attached hydrogens (tertiary/aromatic N) is 4. The van der Waals surface area contributed by atoms with E-state index in [2.05, 4.69) is 20.4 Å². The van der Waals surface area contributed by atoms with Gasteiger partial charge in [-0.25, -0.2) is 9.37 Å². The minimum atomic E-state index is -4.52. The lowest BCUT2D eigenvalue weighted by Gasteiger charge is -2.21. The molecule has 1 aliphatic rings. The molecule has 0 saturated heterocycles. The normalized spacial score (nSPS) is 15.9. The van der Waals surface area contributed by atoms with E-state index in [1.54, 1.807) is 16.6 Å².